The van der Waals surface area contributed by atoms with E-state index in [1.807, 2.05) is 30.3 Å². The molecule has 3 N–H and O–H groups in total. The zero-order valence-corrected chi connectivity index (χ0v) is 13.2. The van der Waals surface area contributed by atoms with Crippen molar-refractivity contribution >= 4 is 17.9 Å². The molecule has 8 heteroatoms. The fourth-order valence-electron chi connectivity index (χ4n) is 2.51. The van der Waals surface area contributed by atoms with Crippen LogP contribution in [0.2, 0.25) is 0 Å². The fourth-order valence-corrected chi connectivity index (χ4v) is 2.51. The highest BCUT2D eigenvalue weighted by Gasteiger charge is 2.18. The molecule has 1 aliphatic rings. The van der Waals surface area contributed by atoms with Crippen LogP contribution in [0.1, 0.15) is 5.56 Å². The van der Waals surface area contributed by atoms with Crippen molar-refractivity contribution in [2.75, 3.05) is 31.5 Å². The highest BCUT2D eigenvalue weighted by molar-refractivity contribution is 5.88. The fraction of sp³-hybridized carbons (Fsp3) is 0.312. The number of urea groups is 2. The van der Waals surface area contributed by atoms with E-state index in [1.54, 1.807) is 21.8 Å². The van der Waals surface area contributed by atoms with Crippen LogP contribution in [0.25, 0.3) is 0 Å². The van der Waals surface area contributed by atoms with Gasteiger partial charge in [0.05, 0.1) is 12.7 Å². The van der Waals surface area contributed by atoms with Gasteiger partial charge < -0.3 is 15.5 Å². The Balaban J connectivity index is 1.48. The Labute approximate surface area is 139 Å². The van der Waals surface area contributed by atoms with Crippen LogP contribution >= 0.6 is 0 Å². The molecule has 0 unspecified atom stereocenters. The largest absolute Gasteiger partial charge is 0.336 e. The number of carbonyl (C=O) groups is 2. The van der Waals surface area contributed by atoms with Crippen LogP contribution < -0.4 is 16.0 Å². The molecule has 8 nitrogen and oxygen atoms in total. The summed E-state index contributed by atoms with van der Waals surface area (Å²) in [5.41, 5.74) is 1.10. The van der Waals surface area contributed by atoms with E-state index in [2.05, 4.69) is 21.0 Å². The van der Waals surface area contributed by atoms with Gasteiger partial charge in [0.1, 0.15) is 5.82 Å². The number of amides is 4. The van der Waals surface area contributed by atoms with Crippen molar-refractivity contribution < 1.29 is 9.59 Å². The molecule has 2 aromatic rings. The van der Waals surface area contributed by atoms with Crippen molar-refractivity contribution in [2.24, 2.45) is 0 Å². The molecule has 0 spiro atoms. The summed E-state index contributed by atoms with van der Waals surface area (Å²) in [4.78, 5) is 25.1. The second kappa shape index (κ2) is 7.49. The lowest BCUT2D eigenvalue weighted by molar-refractivity contribution is 0.216. The van der Waals surface area contributed by atoms with E-state index in [0.29, 0.717) is 38.5 Å². The minimum atomic E-state index is -0.315. The first-order chi connectivity index (χ1) is 11.7. The van der Waals surface area contributed by atoms with Crippen molar-refractivity contribution in [3.63, 3.8) is 0 Å². The van der Waals surface area contributed by atoms with Gasteiger partial charge in [-0.05, 0) is 5.56 Å². The molecule has 1 aliphatic heterocycles. The van der Waals surface area contributed by atoms with Gasteiger partial charge in [0.25, 0.3) is 0 Å². The Morgan fingerprint density at radius 1 is 1.25 bits per heavy atom. The number of rotatable bonds is 6. The van der Waals surface area contributed by atoms with Crippen molar-refractivity contribution in [3.8, 4) is 0 Å². The maximum atomic E-state index is 12.0. The van der Waals surface area contributed by atoms with Gasteiger partial charge in [-0.25, -0.2) is 14.3 Å². The summed E-state index contributed by atoms with van der Waals surface area (Å²) in [6, 6.07) is 11.2. The lowest BCUT2D eigenvalue weighted by atomic mass is 10.2. The zero-order chi connectivity index (χ0) is 16.8. The van der Waals surface area contributed by atoms with Crippen LogP contribution in [0, 0.1) is 0 Å². The van der Waals surface area contributed by atoms with Gasteiger partial charge >= 0.3 is 12.1 Å². The number of nitrogens with zero attached hydrogens (tertiary/aromatic N) is 3. The second-order valence-electron chi connectivity index (χ2n) is 5.46. The van der Waals surface area contributed by atoms with Gasteiger partial charge in [-0.1, -0.05) is 30.3 Å². The van der Waals surface area contributed by atoms with E-state index in [1.165, 1.54) is 0 Å². The molecule has 0 atom stereocenters. The third kappa shape index (κ3) is 4.03. The Morgan fingerprint density at radius 3 is 2.83 bits per heavy atom. The molecule has 24 heavy (non-hydrogen) atoms. The number of hydrogen-bond acceptors (Lipinski definition) is 3. The third-order valence-electron chi connectivity index (χ3n) is 3.75. The predicted molar refractivity (Wildman–Crippen MR) is 89.8 cm³/mol. The van der Waals surface area contributed by atoms with E-state index in [0.717, 1.165) is 5.56 Å². The summed E-state index contributed by atoms with van der Waals surface area (Å²) in [5.74, 6) is 0.621. The Morgan fingerprint density at radius 2 is 2.08 bits per heavy atom. The van der Waals surface area contributed by atoms with Crippen molar-refractivity contribution in [1.29, 1.82) is 0 Å². The van der Waals surface area contributed by atoms with Crippen molar-refractivity contribution in [2.45, 2.75) is 6.54 Å². The maximum Gasteiger partial charge on any atom is 0.320 e. The summed E-state index contributed by atoms with van der Waals surface area (Å²) in [6.07, 6.45) is 1.65. The molecule has 0 saturated carbocycles. The third-order valence-corrected chi connectivity index (χ3v) is 3.75. The van der Waals surface area contributed by atoms with Crippen LogP contribution in [0.5, 0.6) is 0 Å². The molecule has 0 aliphatic carbocycles. The first-order valence-corrected chi connectivity index (χ1v) is 7.86. The molecule has 0 radical (unpaired) electrons. The zero-order valence-electron chi connectivity index (χ0n) is 13.2. The van der Waals surface area contributed by atoms with E-state index >= 15 is 0 Å². The van der Waals surface area contributed by atoms with Crippen molar-refractivity contribution in [1.82, 2.24) is 25.3 Å². The summed E-state index contributed by atoms with van der Waals surface area (Å²) < 4.78 is 1.73. The smallest absolute Gasteiger partial charge is 0.320 e. The number of hydrogen-bond donors (Lipinski definition) is 3. The lowest BCUT2D eigenvalue weighted by Gasteiger charge is -2.15. The highest BCUT2D eigenvalue weighted by atomic mass is 16.2. The van der Waals surface area contributed by atoms with Crippen LogP contribution in [0.4, 0.5) is 15.4 Å². The monoisotopic (exact) mass is 328 g/mol. The molecular formula is C16H20N6O2. The Hall–Kier alpha value is -3.03. The number of aromatic nitrogens is 2. The quantitative estimate of drug-likeness (QED) is 0.741. The molecule has 1 aromatic carbocycles. The van der Waals surface area contributed by atoms with E-state index < -0.39 is 0 Å². The van der Waals surface area contributed by atoms with Crippen LogP contribution in [-0.4, -0.2) is 52.9 Å². The molecule has 0 bridgehead atoms. The molecule has 3 rings (SSSR count). The second-order valence-corrected chi connectivity index (χ2v) is 5.46. The summed E-state index contributed by atoms with van der Waals surface area (Å²) in [6.45, 7) is 2.79. The number of anilines is 1. The minimum Gasteiger partial charge on any atom is -0.336 e. The summed E-state index contributed by atoms with van der Waals surface area (Å²) in [7, 11) is 0. The first-order valence-electron chi connectivity index (χ1n) is 7.86. The Kier molecular flexibility index (Phi) is 4.95. The normalized spacial score (nSPS) is 13.7. The number of carbonyl (C=O) groups excluding carboxylic acids is 2. The van der Waals surface area contributed by atoms with Gasteiger partial charge in [-0.15, -0.1) is 0 Å². The molecule has 1 fully saturated rings. The lowest BCUT2D eigenvalue weighted by Crippen LogP contribution is -2.38. The van der Waals surface area contributed by atoms with E-state index in [4.69, 9.17) is 0 Å². The van der Waals surface area contributed by atoms with Gasteiger partial charge in [0.15, 0.2) is 0 Å². The molecule has 4 amide bonds. The number of benzene rings is 1. The Bertz CT molecular complexity index is 700. The van der Waals surface area contributed by atoms with Crippen LogP contribution in [-0.2, 0) is 6.54 Å². The SMILES string of the molecule is O=C(NCCN1CCNC1=O)Nc1ccnn1Cc1ccccc1. The molecule has 1 saturated heterocycles. The maximum absolute atomic E-state index is 12.0. The summed E-state index contributed by atoms with van der Waals surface area (Å²) in [5, 5.41) is 12.5. The van der Waals surface area contributed by atoms with Crippen molar-refractivity contribution in [3.05, 3.63) is 48.2 Å². The molecule has 2 heterocycles. The average molecular weight is 328 g/mol. The van der Waals surface area contributed by atoms with E-state index in [-0.39, 0.29) is 12.1 Å². The standard InChI is InChI=1S/C16H20N6O2/c23-15(17-8-10-21-11-9-18-16(21)24)20-14-6-7-19-22(14)12-13-4-2-1-3-5-13/h1-7H,8-12H2,(H,18,24)(H2,17,20,23). The van der Waals surface area contributed by atoms with Gasteiger partial charge in [-0.2, -0.15) is 5.10 Å². The predicted octanol–water partition coefficient (Wildman–Crippen LogP) is 1.08. The van der Waals surface area contributed by atoms with E-state index in [9.17, 15) is 9.59 Å². The van der Waals surface area contributed by atoms with Gasteiger partial charge in [0, 0.05) is 32.2 Å². The molecule has 126 valence electrons. The number of nitrogens with one attached hydrogen (secondary N) is 3. The molecular weight excluding hydrogens is 308 g/mol. The van der Waals surface area contributed by atoms with Crippen LogP contribution in [0.3, 0.4) is 0 Å². The average Bonchev–Trinajstić information content (AvgIpc) is 3.18. The van der Waals surface area contributed by atoms with Crippen LogP contribution in [0.15, 0.2) is 42.6 Å². The minimum absolute atomic E-state index is 0.0851. The van der Waals surface area contributed by atoms with Gasteiger partial charge in [-0.3, -0.25) is 5.32 Å². The summed E-state index contributed by atoms with van der Waals surface area (Å²) >= 11 is 0. The first kappa shape index (κ1) is 15.9. The van der Waals surface area contributed by atoms with Gasteiger partial charge in [0.2, 0.25) is 0 Å². The molecule has 1 aromatic heterocycles. The topological polar surface area (TPSA) is 91.3 Å². The highest BCUT2D eigenvalue weighted by Crippen LogP contribution is 2.09.